The fourth-order valence-corrected chi connectivity index (χ4v) is 1.15. The van der Waals surface area contributed by atoms with Crippen LogP contribution in [0.1, 0.15) is 5.76 Å². The Hall–Kier alpha value is -2.35. The topological polar surface area (TPSA) is 112 Å². The minimum atomic E-state index is -0.672. The molecule has 2 N–H and O–H groups in total. The molecule has 0 saturated carbocycles. The Morgan fingerprint density at radius 3 is 2.81 bits per heavy atom. The quantitative estimate of drug-likeness (QED) is 0.253. The van der Waals surface area contributed by atoms with Gasteiger partial charge in [0.1, 0.15) is 10.7 Å². The number of nitrogens with zero attached hydrogens (tertiary/aromatic N) is 2. The fraction of sp³-hybridized carbons (Fsp3) is 0.125. The van der Waals surface area contributed by atoms with E-state index in [2.05, 4.69) is 0 Å². The van der Waals surface area contributed by atoms with E-state index in [9.17, 15) is 14.9 Å². The molecule has 1 aromatic heterocycles. The Balaban J connectivity index is 2.23. The smallest absolute Gasteiger partial charge is 0.433 e. The number of hydrogen-bond donors (Lipinski definition) is 1. The van der Waals surface area contributed by atoms with Gasteiger partial charge in [0.2, 0.25) is 0 Å². The first-order chi connectivity index (χ1) is 7.58. The molecule has 2 rings (SSSR count). The van der Waals surface area contributed by atoms with E-state index >= 15 is 0 Å². The Kier molecular flexibility index (Phi) is 2.33. The van der Waals surface area contributed by atoms with E-state index in [0.29, 0.717) is 0 Å². The minimum absolute atomic E-state index is 0.00764. The summed E-state index contributed by atoms with van der Waals surface area (Å²) in [4.78, 5) is 20.9. The van der Waals surface area contributed by atoms with E-state index in [-0.39, 0.29) is 18.3 Å². The number of hydrazine groups is 1. The van der Waals surface area contributed by atoms with Gasteiger partial charge in [-0.1, -0.05) is 0 Å². The molecule has 0 spiro atoms. The number of rotatable bonds is 2. The van der Waals surface area contributed by atoms with Gasteiger partial charge in [0, 0.05) is 6.08 Å². The largest absolute Gasteiger partial charge is 0.466 e. The molecular weight excluding hydrogens is 218 g/mol. The third-order valence-electron chi connectivity index (χ3n) is 1.90. The molecule has 0 bridgehead atoms. The Labute approximate surface area is 89.0 Å². The van der Waals surface area contributed by atoms with Crippen molar-refractivity contribution in [1.29, 1.82) is 0 Å². The number of nitrogens with two attached hydrogens (primary N) is 1. The Morgan fingerprint density at radius 1 is 1.56 bits per heavy atom. The molecule has 8 heteroatoms. The summed E-state index contributed by atoms with van der Waals surface area (Å²) < 4.78 is 9.76. The highest BCUT2D eigenvalue weighted by atomic mass is 16.6. The number of carbonyl (C=O) groups excluding carboxylic acids is 1. The molecule has 8 nitrogen and oxygen atoms in total. The van der Waals surface area contributed by atoms with Gasteiger partial charge in [-0.25, -0.2) is 10.9 Å². The van der Waals surface area contributed by atoms with Crippen LogP contribution in [0.3, 0.4) is 0 Å². The molecule has 0 aromatic carbocycles. The van der Waals surface area contributed by atoms with Crippen molar-refractivity contribution in [2.45, 2.75) is 0 Å². The van der Waals surface area contributed by atoms with Crippen molar-refractivity contribution in [3.63, 3.8) is 0 Å². The molecule has 0 unspecified atom stereocenters. The van der Waals surface area contributed by atoms with Crippen LogP contribution in [0.25, 0.3) is 6.08 Å². The van der Waals surface area contributed by atoms with E-state index in [1.165, 1.54) is 18.2 Å². The van der Waals surface area contributed by atoms with Crippen LogP contribution in [0, 0.1) is 10.1 Å². The van der Waals surface area contributed by atoms with Crippen molar-refractivity contribution in [2.24, 2.45) is 5.84 Å². The summed E-state index contributed by atoms with van der Waals surface area (Å²) in [5, 5.41) is 11.2. The van der Waals surface area contributed by atoms with E-state index < -0.39 is 16.7 Å². The van der Waals surface area contributed by atoms with Crippen molar-refractivity contribution >= 4 is 17.9 Å². The predicted octanol–water partition coefficient (Wildman–Crippen LogP) is 0.219. The average molecular weight is 225 g/mol. The zero-order chi connectivity index (χ0) is 11.7. The van der Waals surface area contributed by atoms with Gasteiger partial charge in [0.05, 0.1) is 6.07 Å². The predicted molar refractivity (Wildman–Crippen MR) is 50.3 cm³/mol. The zero-order valence-corrected chi connectivity index (χ0v) is 7.95. The first-order valence-electron chi connectivity index (χ1n) is 4.23. The lowest BCUT2D eigenvalue weighted by Crippen LogP contribution is -2.32. The number of furan rings is 1. The van der Waals surface area contributed by atoms with E-state index in [4.69, 9.17) is 15.0 Å². The van der Waals surface area contributed by atoms with Crippen LogP contribution in [0.5, 0.6) is 0 Å². The normalized spacial score (nSPS) is 17.9. The van der Waals surface area contributed by atoms with Crippen molar-refractivity contribution < 1.29 is 18.9 Å². The molecule has 2 heterocycles. The molecule has 0 atom stereocenters. The van der Waals surface area contributed by atoms with Crippen LogP contribution >= 0.6 is 0 Å². The molecule has 1 aliphatic heterocycles. The summed E-state index contributed by atoms with van der Waals surface area (Å²) in [5.41, 5.74) is 0. The summed E-state index contributed by atoms with van der Waals surface area (Å²) >= 11 is 0. The summed E-state index contributed by atoms with van der Waals surface area (Å²) in [6, 6.07) is 2.55. The molecule has 84 valence electrons. The molecular formula is C8H7N3O5. The zero-order valence-electron chi connectivity index (χ0n) is 7.95. The number of amides is 1. The molecule has 1 aliphatic rings. The van der Waals surface area contributed by atoms with Crippen LogP contribution in [-0.2, 0) is 9.53 Å². The van der Waals surface area contributed by atoms with Gasteiger partial charge in [-0.15, -0.1) is 0 Å². The highest BCUT2D eigenvalue weighted by Gasteiger charge is 2.25. The maximum absolute atomic E-state index is 11.3. The van der Waals surface area contributed by atoms with Crippen LogP contribution < -0.4 is 5.84 Å². The summed E-state index contributed by atoms with van der Waals surface area (Å²) in [6.45, 7) is -0.0481. The van der Waals surface area contributed by atoms with E-state index in [0.717, 1.165) is 5.01 Å². The van der Waals surface area contributed by atoms with Crippen molar-refractivity contribution in [3.8, 4) is 0 Å². The second-order valence-electron chi connectivity index (χ2n) is 2.99. The molecule has 1 aromatic rings. The maximum atomic E-state index is 11.3. The van der Waals surface area contributed by atoms with Gasteiger partial charge in [0.15, 0.2) is 12.5 Å². The standard InChI is InChI=1S/C8H7N3O5/c9-10-4-15-6(8(10)12)3-5-1-2-7(16-5)11(13)14/h1-3H,4,9H2. The lowest BCUT2D eigenvalue weighted by atomic mass is 10.3. The van der Waals surface area contributed by atoms with Crippen molar-refractivity contribution in [1.82, 2.24) is 5.01 Å². The van der Waals surface area contributed by atoms with Crippen LogP contribution in [0.15, 0.2) is 22.3 Å². The van der Waals surface area contributed by atoms with Gasteiger partial charge >= 0.3 is 11.8 Å². The molecule has 1 amide bonds. The minimum Gasteiger partial charge on any atom is -0.466 e. The molecule has 1 fully saturated rings. The van der Waals surface area contributed by atoms with Gasteiger partial charge in [-0.2, -0.15) is 0 Å². The third kappa shape index (κ3) is 1.73. The molecule has 0 aliphatic carbocycles. The van der Waals surface area contributed by atoms with Crippen LogP contribution in [0.4, 0.5) is 5.88 Å². The number of nitro groups is 1. The summed E-state index contributed by atoms with van der Waals surface area (Å²) in [6.07, 6.45) is 1.25. The first kappa shape index (κ1) is 10.2. The highest BCUT2D eigenvalue weighted by molar-refractivity contribution is 5.96. The van der Waals surface area contributed by atoms with Crippen LogP contribution in [0.2, 0.25) is 0 Å². The average Bonchev–Trinajstić information content (AvgIpc) is 2.81. The van der Waals surface area contributed by atoms with E-state index in [1.807, 2.05) is 0 Å². The second kappa shape index (κ2) is 3.66. The van der Waals surface area contributed by atoms with Gasteiger partial charge in [-0.05, 0) is 6.07 Å². The Bertz CT molecular complexity index is 478. The Morgan fingerprint density at radius 2 is 2.31 bits per heavy atom. The maximum Gasteiger partial charge on any atom is 0.433 e. The second-order valence-corrected chi connectivity index (χ2v) is 2.99. The SMILES string of the molecule is NN1COC(=Cc2ccc([N+](=O)[O-])o2)C1=O. The summed E-state index contributed by atoms with van der Waals surface area (Å²) in [7, 11) is 0. The highest BCUT2D eigenvalue weighted by Crippen LogP contribution is 2.20. The van der Waals surface area contributed by atoms with E-state index in [1.54, 1.807) is 0 Å². The summed E-state index contributed by atoms with van der Waals surface area (Å²) in [5.74, 6) is 4.50. The van der Waals surface area contributed by atoms with Crippen molar-refractivity contribution in [3.05, 3.63) is 33.8 Å². The lowest BCUT2D eigenvalue weighted by molar-refractivity contribution is -0.402. The number of ether oxygens (including phenoxy) is 1. The number of carbonyl (C=O) groups is 1. The van der Waals surface area contributed by atoms with Gasteiger partial charge < -0.3 is 9.15 Å². The first-order valence-corrected chi connectivity index (χ1v) is 4.23. The molecule has 1 saturated heterocycles. The number of hydrogen-bond acceptors (Lipinski definition) is 6. The molecule has 16 heavy (non-hydrogen) atoms. The van der Waals surface area contributed by atoms with Crippen LogP contribution in [-0.4, -0.2) is 22.6 Å². The van der Waals surface area contributed by atoms with Gasteiger partial charge in [0.25, 0.3) is 0 Å². The molecule has 0 radical (unpaired) electrons. The third-order valence-corrected chi connectivity index (χ3v) is 1.90. The lowest BCUT2D eigenvalue weighted by Gasteiger charge is -1.99. The van der Waals surface area contributed by atoms with Gasteiger partial charge in [-0.3, -0.25) is 14.9 Å². The monoisotopic (exact) mass is 225 g/mol. The fourth-order valence-electron chi connectivity index (χ4n) is 1.15. The van der Waals surface area contributed by atoms with Crippen molar-refractivity contribution in [2.75, 3.05) is 6.73 Å².